The molecule has 1 saturated carbocycles. The predicted octanol–water partition coefficient (Wildman–Crippen LogP) is 1.38. The summed E-state index contributed by atoms with van der Waals surface area (Å²) in [7, 11) is -3.06. The molecule has 2 aliphatic rings. The second-order valence-electron chi connectivity index (χ2n) is 5.35. The molecule has 100 valence electrons. The van der Waals surface area contributed by atoms with E-state index >= 15 is 0 Å². The molecule has 5 heteroatoms. The molecule has 1 unspecified atom stereocenters. The molecule has 0 aromatic rings. The molecular formula is C12H24N2O2S. The van der Waals surface area contributed by atoms with Crippen molar-refractivity contribution in [2.45, 2.75) is 63.5 Å². The van der Waals surface area contributed by atoms with E-state index in [1.54, 1.807) is 0 Å². The summed E-state index contributed by atoms with van der Waals surface area (Å²) in [5.74, 6) is 0.279. The Bertz CT molecular complexity index is 317. The van der Waals surface area contributed by atoms with Crippen molar-refractivity contribution in [3.8, 4) is 0 Å². The molecule has 1 saturated heterocycles. The van der Waals surface area contributed by atoms with Gasteiger partial charge in [-0.05, 0) is 38.6 Å². The van der Waals surface area contributed by atoms with Crippen molar-refractivity contribution in [3.05, 3.63) is 0 Å². The van der Waals surface area contributed by atoms with Crippen LogP contribution in [-0.2, 0) is 10.0 Å². The minimum absolute atomic E-state index is 0.199. The van der Waals surface area contributed by atoms with Gasteiger partial charge in [-0.15, -0.1) is 0 Å². The highest BCUT2D eigenvalue weighted by molar-refractivity contribution is 7.89. The summed E-state index contributed by atoms with van der Waals surface area (Å²) >= 11 is 0. The summed E-state index contributed by atoms with van der Waals surface area (Å²) in [4.78, 5) is 0. The molecule has 17 heavy (non-hydrogen) atoms. The lowest BCUT2D eigenvalue weighted by Gasteiger charge is -2.23. The van der Waals surface area contributed by atoms with Gasteiger partial charge in [-0.3, -0.25) is 0 Å². The first-order valence-electron chi connectivity index (χ1n) is 6.89. The number of nitrogens with one attached hydrogen (secondary N) is 2. The summed E-state index contributed by atoms with van der Waals surface area (Å²) in [6.07, 6.45) is 8.67. The standard InChI is InChI=1S/C12H24N2O2S/c15-17(16,10-8-11-7-4-9-13-11)14-12-5-2-1-3-6-12/h11-14H,1-10H2. The van der Waals surface area contributed by atoms with Crippen LogP contribution < -0.4 is 10.0 Å². The molecule has 2 N–H and O–H groups in total. The van der Waals surface area contributed by atoms with Crippen LogP contribution in [0.2, 0.25) is 0 Å². The van der Waals surface area contributed by atoms with Crippen LogP contribution >= 0.6 is 0 Å². The molecule has 2 fully saturated rings. The maximum absolute atomic E-state index is 11.9. The van der Waals surface area contributed by atoms with E-state index in [1.807, 2.05) is 0 Å². The Labute approximate surface area is 105 Å². The van der Waals surface area contributed by atoms with Crippen molar-refractivity contribution in [2.75, 3.05) is 12.3 Å². The van der Waals surface area contributed by atoms with Crippen molar-refractivity contribution in [1.82, 2.24) is 10.0 Å². The molecule has 1 heterocycles. The number of rotatable bonds is 5. The molecule has 1 atom stereocenters. The van der Waals surface area contributed by atoms with Gasteiger partial charge in [0.15, 0.2) is 0 Å². The Kier molecular flexibility index (Phi) is 4.82. The highest BCUT2D eigenvalue weighted by Gasteiger charge is 2.22. The van der Waals surface area contributed by atoms with Crippen LogP contribution in [0.25, 0.3) is 0 Å². The largest absolute Gasteiger partial charge is 0.314 e. The molecule has 1 aliphatic heterocycles. The maximum Gasteiger partial charge on any atom is 0.211 e. The third kappa shape index (κ3) is 4.56. The Morgan fingerprint density at radius 1 is 1.06 bits per heavy atom. The van der Waals surface area contributed by atoms with Gasteiger partial charge in [-0.25, -0.2) is 13.1 Å². The highest BCUT2D eigenvalue weighted by Crippen LogP contribution is 2.18. The quantitative estimate of drug-likeness (QED) is 0.785. The summed E-state index contributed by atoms with van der Waals surface area (Å²) < 4.78 is 26.7. The molecule has 0 bridgehead atoms. The fraction of sp³-hybridized carbons (Fsp3) is 1.00. The SMILES string of the molecule is O=S(=O)(CCC1CCCN1)NC1CCCCC1. The Balaban J connectivity index is 1.73. The molecule has 1 aliphatic carbocycles. The van der Waals surface area contributed by atoms with Gasteiger partial charge in [0.05, 0.1) is 5.75 Å². The number of hydrogen-bond acceptors (Lipinski definition) is 3. The van der Waals surface area contributed by atoms with E-state index in [1.165, 1.54) is 12.8 Å². The van der Waals surface area contributed by atoms with Gasteiger partial charge in [0.25, 0.3) is 0 Å². The maximum atomic E-state index is 11.9. The van der Waals surface area contributed by atoms with Crippen LogP contribution in [0.4, 0.5) is 0 Å². The lowest BCUT2D eigenvalue weighted by atomic mass is 9.96. The van der Waals surface area contributed by atoms with E-state index in [4.69, 9.17) is 0 Å². The Morgan fingerprint density at radius 3 is 2.47 bits per heavy atom. The van der Waals surface area contributed by atoms with Gasteiger partial charge in [0.1, 0.15) is 0 Å². The Morgan fingerprint density at radius 2 is 1.82 bits per heavy atom. The van der Waals surface area contributed by atoms with Crippen LogP contribution in [0, 0.1) is 0 Å². The van der Waals surface area contributed by atoms with Gasteiger partial charge in [0, 0.05) is 12.1 Å². The van der Waals surface area contributed by atoms with Crippen LogP contribution in [0.3, 0.4) is 0 Å². The fourth-order valence-corrected chi connectivity index (χ4v) is 4.29. The van der Waals surface area contributed by atoms with Gasteiger partial charge < -0.3 is 5.32 Å². The van der Waals surface area contributed by atoms with Gasteiger partial charge >= 0.3 is 0 Å². The third-order valence-corrected chi connectivity index (χ3v) is 5.31. The zero-order chi connectivity index (χ0) is 12.1. The number of hydrogen-bond donors (Lipinski definition) is 2. The van der Waals surface area contributed by atoms with Crippen molar-refractivity contribution in [3.63, 3.8) is 0 Å². The average molecular weight is 260 g/mol. The minimum atomic E-state index is -3.06. The van der Waals surface area contributed by atoms with Crippen LogP contribution in [0.15, 0.2) is 0 Å². The summed E-state index contributed by atoms with van der Waals surface area (Å²) in [6.45, 7) is 1.04. The second kappa shape index (κ2) is 6.16. The molecular weight excluding hydrogens is 236 g/mol. The molecule has 0 aromatic heterocycles. The molecule has 0 amide bonds. The summed E-state index contributed by atoms with van der Waals surface area (Å²) in [5.41, 5.74) is 0. The zero-order valence-electron chi connectivity index (χ0n) is 10.5. The van der Waals surface area contributed by atoms with E-state index in [2.05, 4.69) is 10.0 Å². The predicted molar refractivity (Wildman–Crippen MR) is 69.4 cm³/mol. The lowest BCUT2D eigenvalue weighted by Crippen LogP contribution is -2.38. The topological polar surface area (TPSA) is 58.2 Å². The van der Waals surface area contributed by atoms with Crippen molar-refractivity contribution >= 4 is 10.0 Å². The zero-order valence-corrected chi connectivity index (χ0v) is 11.3. The van der Waals surface area contributed by atoms with Crippen LogP contribution in [0.5, 0.6) is 0 Å². The summed E-state index contributed by atoms with van der Waals surface area (Å²) in [6, 6.07) is 0.614. The van der Waals surface area contributed by atoms with E-state index < -0.39 is 10.0 Å². The smallest absolute Gasteiger partial charge is 0.211 e. The first-order valence-corrected chi connectivity index (χ1v) is 8.54. The first kappa shape index (κ1) is 13.3. The second-order valence-corrected chi connectivity index (χ2v) is 7.23. The average Bonchev–Trinajstić information content (AvgIpc) is 2.80. The number of sulfonamides is 1. The molecule has 0 aromatic carbocycles. The van der Waals surface area contributed by atoms with Crippen LogP contribution in [-0.4, -0.2) is 32.8 Å². The molecule has 0 radical (unpaired) electrons. The third-order valence-electron chi connectivity index (χ3n) is 3.85. The van der Waals surface area contributed by atoms with E-state index in [9.17, 15) is 8.42 Å². The first-order chi connectivity index (χ1) is 8.16. The minimum Gasteiger partial charge on any atom is -0.314 e. The molecule has 0 spiro atoms. The van der Waals surface area contributed by atoms with E-state index in [0.29, 0.717) is 6.04 Å². The summed E-state index contributed by atoms with van der Waals surface area (Å²) in [5, 5.41) is 3.34. The van der Waals surface area contributed by atoms with Gasteiger partial charge in [0.2, 0.25) is 10.0 Å². The van der Waals surface area contributed by atoms with Crippen molar-refractivity contribution < 1.29 is 8.42 Å². The molecule has 2 rings (SSSR count). The normalized spacial score (nSPS) is 27.4. The highest BCUT2D eigenvalue weighted by atomic mass is 32.2. The van der Waals surface area contributed by atoms with E-state index in [-0.39, 0.29) is 11.8 Å². The Hall–Kier alpha value is -0.130. The molecule has 4 nitrogen and oxygen atoms in total. The fourth-order valence-electron chi connectivity index (χ4n) is 2.83. The van der Waals surface area contributed by atoms with Gasteiger partial charge in [-0.1, -0.05) is 19.3 Å². The monoisotopic (exact) mass is 260 g/mol. The van der Waals surface area contributed by atoms with Crippen LogP contribution in [0.1, 0.15) is 51.4 Å². The van der Waals surface area contributed by atoms with Gasteiger partial charge in [-0.2, -0.15) is 0 Å². The van der Waals surface area contributed by atoms with E-state index in [0.717, 1.165) is 45.1 Å². The lowest BCUT2D eigenvalue weighted by molar-refractivity contribution is 0.411. The van der Waals surface area contributed by atoms with Crippen molar-refractivity contribution in [1.29, 1.82) is 0 Å². The van der Waals surface area contributed by atoms with Crippen molar-refractivity contribution in [2.24, 2.45) is 0 Å².